The van der Waals surface area contributed by atoms with Gasteiger partial charge in [-0.2, -0.15) is 0 Å². The van der Waals surface area contributed by atoms with Crippen molar-refractivity contribution in [1.29, 1.82) is 0 Å². The highest BCUT2D eigenvalue weighted by atomic mass is 32.2. The van der Waals surface area contributed by atoms with Gasteiger partial charge in [0.1, 0.15) is 9.84 Å². The lowest BCUT2D eigenvalue weighted by Gasteiger charge is -2.13. The van der Waals surface area contributed by atoms with Crippen LogP contribution in [-0.4, -0.2) is 44.8 Å². The van der Waals surface area contributed by atoms with E-state index in [1.807, 2.05) is 0 Å². The number of anilines is 1. The standard InChI is InChI=1S/C13H19N3O4S/c1-9(8-21(2,19)20)16-12(17)7-15-13(18)10-3-5-11(14)6-4-10/h3-6,9H,7-8,14H2,1-2H3,(H,15,18)(H,16,17). The summed E-state index contributed by atoms with van der Waals surface area (Å²) in [5.74, 6) is -0.999. The molecule has 1 aromatic rings. The molecule has 7 nitrogen and oxygen atoms in total. The van der Waals surface area contributed by atoms with E-state index in [-0.39, 0.29) is 12.3 Å². The number of carbonyl (C=O) groups excluding carboxylic acids is 2. The Hall–Kier alpha value is -2.09. The van der Waals surface area contributed by atoms with E-state index < -0.39 is 27.7 Å². The second-order valence-electron chi connectivity index (χ2n) is 4.87. The van der Waals surface area contributed by atoms with Gasteiger partial charge in [-0.25, -0.2) is 8.42 Å². The van der Waals surface area contributed by atoms with Crippen molar-refractivity contribution in [2.75, 3.05) is 24.3 Å². The molecular weight excluding hydrogens is 294 g/mol. The molecule has 0 spiro atoms. The van der Waals surface area contributed by atoms with Crippen LogP contribution in [0, 0.1) is 0 Å². The van der Waals surface area contributed by atoms with Gasteiger partial charge in [0.25, 0.3) is 5.91 Å². The van der Waals surface area contributed by atoms with Crippen LogP contribution < -0.4 is 16.4 Å². The first-order chi connectivity index (χ1) is 9.67. The number of sulfone groups is 1. The van der Waals surface area contributed by atoms with E-state index in [4.69, 9.17) is 5.73 Å². The number of amides is 2. The lowest BCUT2D eigenvalue weighted by Crippen LogP contribution is -2.43. The van der Waals surface area contributed by atoms with Gasteiger partial charge in [-0.15, -0.1) is 0 Å². The molecule has 1 aromatic carbocycles. The van der Waals surface area contributed by atoms with E-state index in [2.05, 4.69) is 10.6 Å². The van der Waals surface area contributed by atoms with Crippen LogP contribution in [0.5, 0.6) is 0 Å². The van der Waals surface area contributed by atoms with Crippen LogP contribution in [-0.2, 0) is 14.6 Å². The normalized spacial score (nSPS) is 12.5. The zero-order valence-corrected chi connectivity index (χ0v) is 12.7. The van der Waals surface area contributed by atoms with Crippen LogP contribution in [0.25, 0.3) is 0 Å². The molecule has 0 fully saturated rings. The fourth-order valence-electron chi connectivity index (χ4n) is 1.72. The quantitative estimate of drug-likeness (QED) is 0.615. The Morgan fingerprint density at radius 2 is 1.81 bits per heavy atom. The molecule has 1 rings (SSSR count). The third kappa shape index (κ3) is 6.75. The van der Waals surface area contributed by atoms with Gasteiger partial charge in [0.2, 0.25) is 5.91 Å². The van der Waals surface area contributed by atoms with Gasteiger partial charge in [-0.3, -0.25) is 9.59 Å². The molecule has 0 aliphatic rings. The van der Waals surface area contributed by atoms with Crippen molar-refractivity contribution in [2.45, 2.75) is 13.0 Å². The summed E-state index contributed by atoms with van der Waals surface area (Å²) in [4.78, 5) is 23.3. The predicted octanol–water partition coefficient (Wildman–Crippen LogP) is -0.452. The van der Waals surface area contributed by atoms with Gasteiger partial charge in [0, 0.05) is 23.5 Å². The van der Waals surface area contributed by atoms with Gasteiger partial charge >= 0.3 is 0 Å². The highest BCUT2D eigenvalue weighted by Gasteiger charge is 2.14. The summed E-state index contributed by atoms with van der Waals surface area (Å²) < 4.78 is 22.1. The van der Waals surface area contributed by atoms with Gasteiger partial charge < -0.3 is 16.4 Å². The van der Waals surface area contributed by atoms with Crippen molar-refractivity contribution in [3.63, 3.8) is 0 Å². The summed E-state index contributed by atoms with van der Waals surface area (Å²) in [6.07, 6.45) is 1.10. The molecular formula is C13H19N3O4S. The van der Waals surface area contributed by atoms with Crippen molar-refractivity contribution in [3.05, 3.63) is 29.8 Å². The average Bonchev–Trinajstić information content (AvgIpc) is 2.34. The molecule has 1 unspecified atom stereocenters. The second-order valence-corrected chi connectivity index (χ2v) is 7.05. The minimum absolute atomic E-state index is 0.148. The fourth-order valence-corrected chi connectivity index (χ4v) is 2.71. The molecule has 0 aromatic heterocycles. The molecule has 2 amide bonds. The summed E-state index contributed by atoms with van der Waals surface area (Å²) in [6.45, 7) is 1.36. The molecule has 0 saturated heterocycles. The summed E-state index contributed by atoms with van der Waals surface area (Å²) in [5.41, 5.74) is 6.44. The van der Waals surface area contributed by atoms with Crippen LogP contribution in [0.15, 0.2) is 24.3 Å². The van der Waals surface area contributed by atoms with Crippen LogP contribution in [0.1, 0.15) is 17.3 Å². The van der Waals surface area contributed by atoms with Crippen molar-refractivity contribution in [1.82, 2.24) is 10.6 Å². The van der Waals surface area contributed by atoms with Gasteiger partial charge in [-0.05, 0) is 31.2 Å². The van der Waals surface area contributed by atoms with Crippen molar-refractivity contribution >= 4 is 27.3 Å². The highest BCUT2D eigenvalue weighted by molar-refractivity contribution is 7.90. The summed E-state index contributed by atoms with van der Waals surface area (Å²) in [5, 5.41) is 4.94. The zero-order valence-electron chi connectivity index (χ0n) is 11.9. The molecule has 0 heterocycles. The van der Waals surface area contributed by atoms with E-state index in [1.165, 1.54) is 0 Å². The third-order valence-electron chi connectivity index (χ3n) is 2.54. The Labute approximate surface area is 123 Å². The molecule has 21 heavy (non-hydrogen) atoms. The maximum Gasteiger partial charge on any atom is 0.251 e. The number of hydrogen-bond donors (Lipinski definition) is 3. The third-order valence-corrected chi connectivity index (χ3v) is 3.65. The minimum atomic E-state index is -3.16. The molecule has 0 saturated carbocycles. The number of nitrogen functional groups attached to an aromatic ring is 1. The molecule has 0 radical (unpaired) electrons. The van der Waals surface area contributed by atoms with Crippen molar-refractivity contribution in [2.24, 2.45) is 0 Å². The average molecular weight is 313 g/mol. The van der Waals surface area contributed by atoms with E-state index in [0.29, 0.717) is 11.3 Å². The number of carbonyl (C=O) groups is 2. The number of nitrogens with two attached hydrogens (primary N) is 1. The first-order valence-corrected chi connectivity index (χ1v) is 8.34. The predicted molar refractivity (Wildman–Crippen MR) is 80.5 cm³/mol. The lowest BCUT2D eigenvalue weighted by molar-refractivity contribution is -0.120. The number of rotatable bonds is 6. The lowest BCUT2D eigenvalue weighted by atomic mass is 10.2. The molecule has 0 aliphatic carbocycles. The van der Waals surface area contributed by atoms with Crippen LogP contribution in [0.2, 0.25) is 0 Å². The second kappa shape index (κ2) is 7.07. The molecule has 4 N–H and O–H groups in total. The van der Waals surface area contributed by atoms with E-state index in [1.54, 1.807) is 31.2 Å². The Morgan fingerprint density at radius 1 is 1.24 bits per heavy atom. The van der Waals surface area contributed by atoms with Crippen LogP contribution in [0.3, 0.4) is 0 Å². The Kier molecular flexibility index (Phi) is 5.71. The molecule has 0 bridgehead atoms. The first-order valence-electron chi connectivity index (χ1n) is 6.28. The maximum atomic E-state index is 11.7. The SMILES string of the molecule is CC(CS(C)(=O)=O)NC(=O)CNC(=O)c1ccc(N)cc1. The Morgan fingerprint density at radius 3 is 2.33 bits per heavy atom. The molecule has 8 heteroatoms. The smallest absolute Gasteiger partial charge is 0.251 e. The van der Waals surface area contributed by atoms with Crippen LogP contribution in [0.4, 0.5) is 5.69 Å². The van der Waals surface area contributed by atoms with Gasteiger partial charge in [0.05, 0.1) is 12.3 Å². The van der Waals surface area contributed by atoms with Crippen molar-refractivity contribution < 1.29 is 18.0 Å². The van der Waals surface area contributed by atoms with Gasteiger partial charge in [0.15, 0.2) is 0 Å². The van der Waals surface area contributed by atoms with E-state index >= 15 is 0 Å². The van der Waals surface area contributed by atoms with E-state index in [9.17, 15) is 18.0 Å². The molecule has 0 aliphatic heterocycles. The summed E-state index contributed by atoms with van der Waals surface area (Å²) in [6, 6.07) is 5.76. The monoisotopic (exact) mass is 313 g/mol. The zero-order chi connectivity index (χ0) is 16.0. The maximum absolute atomic E-state index is 11.7. The van der Waals surface area contributed by atoms with Crippen molar-refractivity contribution in [3.8, 4) is 0 Å². The highest BCUT2D eigenvalue weighted by Crippen LogP contribution is 2.04. The number of nitrogens with one attached hydrogen (secondary N) is 2. The summed E-state index contributed by atoms with van der Waals surface area (Å²) >= 11 is 0. The Bertz CT molecular complexity index is 611. The molecule has 116 valence electrons. The summed E-state index contributed by atoms with van der Waals surface area (Å²) in [7, 11) is -3.16. The number of hydrogen-bond acceptors (Lipinski definition) is 5. The van der Waals surface area contributed by atoms with Gasteiger partial charge in [-0.1, -0.05) is 0 Å². The Balaban J connectivity index is 2.42. The largest absolute Gasteiger partial charge is 0.399 e. The topological polar surface area (TPSA) is 118 Å². The minimum Gasteiger partial charge on any atom is -0.399 e. The molecule has 1 atom stereocenters. The van der Waals surface area contributed by atoms with Crippen LogP contribution >= 0.6 is 0 Å². The fraction of sp³-hybridized carbons (Fsp3) is 0.385. The number of benzene rings is 1. The van der Waals surface area contributed by atoms with E-state index in [0.717, 1.165) is 6.26 Å². The first kappa shape index (κ1) is 17.0.